The standard InChI is InChI=1S/C11H9N5O2/c17-7-8-1-3-9(4-2-8)18-11-6-5-10-12-14-15-16(10)13-11/h1-6,17H,7H2. The van der Waals surface area contributed by atoms with Crippen LogP contribution in [-0.2, 0) is 6.61 Å². The minimum Gasteiger partial charge on any atom is -0.438 e. The number of ether oxygens (including phenoxy) is 1. The Labute approximate surface area is 102 Å². The number of fused-ring (bicyclic) bond motifs is 1. The third-order valence-electron chi connectivity index (χ3n) is 2.37. The smallest absolute Gasteiger partial charge is 0.239 e. The van der Waals surface area contributed by atoms with Crippen LogP contribution >= 0.6 is 0 Å². The van der Waals surface area contributed by atoms with E-state index in [-0.39, 0.29) is 6.61 Å². The molecule has 0 aliphatic heterocycles. The van der Waals surface area contributed by atoms with E-state index in [1.54, 1.807) is 36.4 Å². The molecule has 18 heavy (non-hydrogen) atoms. The van der Waals surface area contributed by atoms with Crippen molar-refractivity contribution in [1.82, 2.24) is 25.3 Å². The molecule has 90 valence electrons. The van der Waals surface area contributed by atoms with Gasteiger partial charge in [-0.25, -0.2) is 0 Å². The summed E-state index contributed by atoms with van der Waals surface area (Å²) in [6, 6.07) is 10.5. The molecule has 1 N–H and O–H groups in total. The first-order chi connectivity index (χ1) is 8.85. The SMILES string of the molecule is OCc1ccc(Oc2ccc3nnnn3n2)cc1. The zero-order valence-electron chi connectivity index (χ0n) is 9.26. The van der Waals surface area contributed by atoms with E-state index in [1.165, 1.54) is 4.63 Å². The molecule has 0 saturated carbocycles. The molecule has 3 aromatic rings. The van der Waals surface area contributed by atoms with E-state index in [2.05, 4.69) is 20.6 Å². The van der Waals surface area contributed by atoms with Crippen LogP contribution in [0.25, 0.3) is 5.65 Å². The Morgan fingerprint density at radius 1 is 1.11 bits per heavy atom. The number of aliphatic hydroxyl groups excluding tert-OH is 1. The second-order valence-electron chi connectivity index (χ2n) is 3.60. The van der Waals surface area contributed by atoms with Crippen molar-refractivity contribution in [2.45, 2.75) is 6.61 Å². The van der Waals surface area contributed by atoms with Gasteiger partial charge in [0.1, 0.15) is 5.75 Å². The van der Waals surface area contributed by atoms with Crippen molar-refractivity contribution < 1.29 is 9.84 Å². The van der Waals surface area contributed by atoms with E-state index < -0.39 is 0 Å². The molecular formula is C11H9N5O2. The number of hydrogen-bond acceptors (Lipinski definition) is 6. The molecule has 0 unspecified atom stereocenters. The minimum absolute atomic E-state index is 0.00904. The van der Waals surface area contributed by atoms with Gasteiger partial charge in [-0.1, -0.05) is 12.1 Å². The second-order valence-corrected chi connectivity index (χ2v) is 3.60. The lowest BCUT2D eigenvalue weighted by Crippen LogP contribution is -1.97. The molecular weight excluding hydrogens is 234 g/mol. The number of nitrogens with zero attached hydrogens (tertiary/aromatic N) is 5. The normalized spacial score (nSPS) is 10.7. The highest BCUT2D eigenvalue weighted by molar-refractivity contribution is 5.36. The number of aliphatic hydroxyl groups is 1. The van der Waals surface area contributed by atoms with E-state index in [9.17, 15) is 0 Å². The quantitative estimate of drug-likeness (QED) is 0.732. The van der Waals surface area contributed by atoms with Gasteiger partial charge in [0.25, 0.3) is 0 Å². The predicted molar refractivity (Wildman–Crippen MR) is 61.0 cm³/mol. The molecule has 3 rings (SSSR count). The van der Waals surface area contributed by atoms with E-state index >= 15 is 0 Å². The summed E-state index contributed by atoms with van der Waals surface area (Å²) < 4.78 is 6.84. The molecule has 0 fully saturated rings. The third kappa shape index (κ3) is 1.98. The molecule has 2 aromatic heterocycles. The molecule has 0 amide bonds. The third-order valence-corrected chi connectivity index (χ3v) is 2.37. The maximum atomic E-state index is 8.93. The Kier molecular flexibility index (Phi) is 2.58. The van der Waals surface area contributed by atoms with Crippen LogP contribution in [0, 0.1) is 0 Å². The predicted octanol–water partition coefficient (Wildman–Crippen LogP) is 0.804. The lowest BCUT2D eigenvalue weighted by molar-refractivity contribution is 0.281. The summed E-state index contributed by atoms with van der Waals surface area (Å²) in [5, 5.41) is 23.9. The molecule has 7 nitrogen and oxygen atoms in total. The van der Waals surface area contributed by atoms with Crippen molar-refractivity contribution >= 4 is 5.65 Å². The first-order valence-electron chi connectivity index (χ1n) is 5.28. The van der Waals surface area contributed by atoms with Crippen molar-refractivity contribution in [3.63, 3.8) is 0 Å². The van der Waals surface area contributed by atoms with Crippen molar-refractivity contribution in [2.75, 3.05) is 0 Å². The van der Waals surface area contributed by atoms with Crippen LogP contribution in [0.1, 0.15) is 5.56 Å². The second kappa shape index (κ2) is 4.38. The lowest BCUT2D eigenvalue weighted by Gasteiger charge is -2.04. The summed E-state index contributed by atoms with van der Waals surface area (Å²) in [5.74, 6) is 1.03. The van der Waals surface area contributed by atoms with E-state index in [0.29, 0.717) is 17.3 Å². The fourth-order valence-electron chi connectivity index (χ4n) is 1.47. The molecule has 0 radical (unpaired) electrons. The summed E-state index contributed by atoms with van der Waals surface area (Å²) in [4.78, 5) is 0. The van der Waals surface area contributed by atoms with Crippen LogP contribution in [0.4, 0.5) is 0 Å². The highest BCUT2D eigenvalue weighted by Crippen LogP contribution is 2.19. The van der Waals surface area contributed by atoms with E-state index in [1.807, 2.05) is 0 Å². The first kappa shape index (κ1) is 10.6. The fourth-order valence-corrected chi connectivity index (χ4v) is 1.47. The van der Waals surface area contributed by atoms with Gasteiger partial charge in [-0.3, -0.25) is 0 Å². The van der Waals surface area contributed by atoms with Crippen LogP contribution < -0.4 is 4.74 Å². The molecule has 0 aliphatic rings. The monoisotopic (exact) mass is 243 g/mol. The molecule has 0 bridgehead atoms. The van der Waals surface area contributed by atoms with Gasteiger partial charge >= 0.3 is 0 Å². The zero-order chi connectivity index (χ0) is 12.4. The number of hydrogen-bond donors (Lipinski definition) is 1. The lowest BCUT2D eigenvalue weighted by atomic mass is 10.2. The van der Waals surface area contributed by atoms with Gasteiger partial charge in [-0.2, -0.15) is 0 Å². The molecule has 2 heterocycles. The molecule has 0 spiro atoms. The zero-order valence-corrected chi connectivity index (χ0v) is 9.26. The van der Waals surface area contributed by atoms with Gasteiger partial charge in [0.15, 0.2) is 5.65 Å². The minimum atomic E-state index is 0.00904. The van der Waals surface area contributed by atoms with Gasteiger partial charge in [-0.05, 0) is 34.2 Å². The first-order valence-corrected chi connectivity index (χ1v) is 5.28. The molecule has 1 aromatic carbocycles. The van der Waals surface area contributed by atoms with Gasteiger partial charge in [-0.15, -0.1) is 14.8 Å². The topological polar surface area (TPSA) is 85.4 Å². The van der Waals surface area contributed by atoms with Crippen molar-refractivity contribution in [3.05, 3.63) is 42.0 Å². The summed E-state index contributed by atoms with van der Waals surface area (Å²) in [7, 11) is 0. The van der Waals surface area contributed by atoms with Gasteiger partial charge in [0, 0.05) is 6.07 Å². The highest BCUT2D eigenvalue weighted by Gasteiger charge is 2.03. The number of benzene rings is 1. The Hall–Kier alpha value is -2.54. The van der Waals surface area contributed by atoms with E-state index in [4.69, 9.17) is 9.84 Å². The van der Waals surface area contributed by atoms with Gasteiger partial charge in [0.05, 0.1) is 6.61 Å². The van der Waals surface area contributed by atoms with Crippen LogP contribution in [0.5, 0.6) is 11.6 Å². The van der Waals surface area contributed by atoms with E-state index in [0.717, 1.165) is 5.56 Å². The Morgan fingerprint density at radius 3 is 2.72 bits per heavy atom. The van der Waals surface area contributed by atoms with Crippen molar-refractivity contribution in [1.29, 1.82) is 0 Å². The van der Waals surface area contributed by atoms with Gasteiger partial charge < -0.3 is 9.84 Å². The highest BCUT2D eigenvalue weighted by atomic mass is 16.5. The van der Waals surface area contributed by atoms with Crippen LogP contribution in [-0.4, -0.2) is 30.4 Å². The molecule has 0 aliphatic carbocycles. The molecule has 0 atom stereocenters. The number of tetrazole rings is 1. The van der Waals surface area contributed by atoms with Crippen molar-refractivity contribution in [3.8, 4) is 11.6 Å². The average molecular weight is 243 g/mol. The van der Waals surface area contributed by atoms with Crippen LogP contribution in [0.15, 0.2) is 36.4 Å². The molecule has 0 saturated heterocycles. The number of rotatable bonds is 3. The number of aromatic nitrogens is 5. The summed E-state index contributed by atoms with van der Waals surface area (Å²) >= 11 is 0. The van der Waals surface area contributed by atoms with Crippen molar-refractivity contribution in [2.24, 2.45) is 0 Å². The Balaban J connectivity index is 1.85. The maximum absolute atomic E-state index is 8.93. The largest absolute Gasteiger partial charge is 0.438 e. The fraction of sp³-hybridized carbons (Fsp3) is 0.0909. The van der Waals surface area contributed by atoms with Crippen LogP contribution in [0.2, 0.25) is 0 Å². The van der Waals surface area contributed by atoms with Crippen LogP contribution in [0.3, 0.4) is 0 Å². The molecule has 7 heteroatoms. The van der Waals surface area contributed by atoms with Gasteiger partial charge in [0.2, 0.25) is 5.88 Å². The Morgan fingerprint density at radius 2 is 1.94 bits per heavy atom. The summed E-state index contributed by atoms with van der Waals surface area (Å²) in [5.41, 5.74) is 1.38. The Bertz CT molecular complexity index is 665. The summed E-state index contributed by atoms with van der Waals surface area (Å²) in [6.07, 6.45) is 0. The average Bonchev–Trinajstić information content (AvgIpc) is 2.87. The summed E-state index contributed by atoms with van der Waals surface area (Å²) in [6.45, 7) is 0.00904. The maximum Gasteiger partial charge on any atom is 0.239 e.